The summed E-state index contributed by atoms with van der Waals surface area (Å²) in [6.45, 7) is 1.99. The first-order chi connectivity index (χ1) is 12.7. The third-order valence-electron chi connectivity index (χ3n) is 4.23. The van der Waals surface area contributed by atoms with E-state index in [-0.39, 0.29) is 6.04 Å². The van der Waals surface area contributed by atoms with E-state index in [1.54, 1.807) is 24.3 Å². The van der Waals surface area contributed by atoms with Crippen molar-refractivity contribution >= 4 is 5.69 Å². The summed E-state index contributed by atoms with van der Waals surface area (Å²) in [5.74, 6) is 3.32. The zero-order chi connectivity index (χ0) is 17.9. The van der Waals surface area contributed by atoms with Crippen LogP contribution in [0.2, 0.25) is 0 Å². The van der Waals surface area contributed by atoms with E-state index in [2.05, 4.69) is 21.5 Å². The van der Waals surface area contributed by atoms with Crippen molar-refractivity contribution < 1.29 is 9.26 Å². The minimum Gasteiger partial charge on any atom is -0.457 e. The topological polar surface area (TPSA) is 84.0 Å². The van der Waals surface area contributed by atoms with Crippen molar-refractivity contribution in [3.05, 3.63) is 65.8 Å². The van der Waals surface area contributed by atoms with E-state index in [9.17, 15) is 0 Å². The summed E-state index contributed by atoms with van der Waals surface area (Å²) in [6, 6.07) is 16.7. The third-order valence-corrected chi connectivity index (χ3v) is 4.23. The van der Waals surface area contributed by atoms with Crippen LogP contribution in [0.3, 0.4) is 0 Å². The van der Waals surface area contributed by atoms with Crippen LogP contribution in [0, 0.1) is 11.3 Å². The Morgan fingerprint density at radius 3 is 2.38 bits per heavy atom. The molecule has 3 aromatic rings. The number of anilines is 1. The van der Waals surface area contributed by atoms with Crippen LogP contribution in [-0.2, 0) is 0 Å². The van der Waals surface area contributed by atoms with Gasteiger partial charge in [-0.25, -0.2) is 0 Å². The van der Waals surface area contributed by atoms with Crippen LogP contribution in [0.1, 0.15) is 49.0 Å². The van der Waals surface area contributed by atoms with Crippen LogP contribution < -0.4 is 10.1 Å². The largest absolute Gasteiger partial charge is 0.457 e. The normalized spacial score (nSPS) is 14.5. The first-order valence-electron chi connectivity index (χ1n) is 8.59. The fourth-order valence-corrected chi connectivity index (χ4v) is 2.60. The maximum Gasteiger partial charge on any atom is 0.248 e. The summed E-state index contributed by atoms with van der Waals surface area (Å²) in [5, 5.41) is 16.2. The van der Waals surface area contributed by atoms with Gasteiger partial charge in [-0.3, -0.25) is 0 Å². The molecule has 0 bridgehead atoms. The van der Waals surface area contributed by atoms with Crippen molar-refractivity contribution in [2.45, 2.75) is 31.7 Å². The summed E-state index contributed by atoms with van der Waals surface area (Å²) < 4.78 is 11.1. The van der Waals surface area contributed by atoms with E-state index in [0.717, 1.165) is 30.1 Å². The number of nitrogens with zero attached hydrogens (tertiary/aromatic N) is 3. The number of nitriles is 1. The number of hydrogen-bond acceptors (Lipinski definition) is 6. The highest BCUT2D eigenvalue weighted by atomic mass is 16.5. The van der Waals surface area contributed by atoms with Gasteiger partial charge in [0, 0.05) is 11.6 Å². The molecule has 0 radical (unpaired) electrons. The van der Waals surface area contributed by atoms with Crippen LogP contribution >= 0.6 is 0 Å². The molecule has 4 rings (SSSR count). The lowest BCUT2D eigenvalue weighted by molar-refractivity contribution is 0.363. The molecule has 1 atom stereocenters. The Hall–Kier alpha value is -3.33. The van der Waals surface area contributed by atoms with E-state index in [1.807, 2.05) is 31.2 Å². The number of hydrogen-bond donors (Lipinski definition) is 1. The van der Waals surface area contributed by atoms with Crippen LogP contribution in [0.5, 0.6) is 11.5 Å². The molecule has 1 fully saturated rings. The van der Waals surface area contributed by atoms with Gasteiger partial charge in [0.25, 0.3) is 0 Å². The molecule has 0 saturated heterocycles. The monoisotopic (exact) mass is 346 g/mol. The van der Waals surface area contributed by atoms with Gasteiger partial charge in [-0.05, 0) is 68.3 Å². The first-order valence-corrected chi connectivity index (χ1v) is 8.59. The average molecular weight is 346 g/mol. The van der Waals surface area contributed by atoms with Gasteiger partial charge in [0.15, 0.2) is 5.82 Å². The van der Waals surface area contributed by atoms with E-state index < -0.39 is 0 Å². The van der Waals surface area contributed by atoms with Crippen LogP contribution in [0.15, 0.2) is 53.1 Å². The van der Waals surface area contributed by atoms with Gasteiger partial charge >= 0.3 is 0 Å². The minimum absolute atomic E-state index is 0.0692. The Balaban J connectivity index is 1.37. The number of ether oxygens (including phenoxy) is 1. The Bertz CT molecular complexity index is 922. The number of aromatic nitrogens is 2. The lowest BCUT2D eigenvalue weighted by Gasteiger charge is -2.12. The van der Waals surface area contributed by atoms with Gasteiger partial charge in [-0.1, -0.05) is 5.16 Å². The van der Waals surface area contributed by atoms with Gasteiger partial charge in [-0.15, -0.1) is 0 Å². The molecule has 1 aromatic heterocycles. The summed E-state index contributed by atoms with van der Waals surface area (Å²) in [7, 11) is 0. The number of rotatable bonds is 6. The van der Waals surface area contributed by atoms with Crippen LogP contribution in [0.25, 0.3) is 0 Å². The van der Waals surface area contributed by atoms with Crippen molar-refractivity contribution in [1.29, 1.82) is 5.26 Å². The van der Waals surface area contributed by atoms with Gasteiger partial charge in [0.1, 0.15) is 17.5 Å². The molecule has 0 aliphatic heterocycles. The fraction of sp³-hybridized carbons (Fsp3) is 0.250. The summed E-state index contributed by atoms with van der Waals surface area (Å²) in [6.07, 6.45) is 2.31. The molecule has 0 unspecified atom stereocenters. The predicted molar refractivity (Wildman–Crippen MR) is 96.0 cm³/mol. The Kier molecular flexibility index (Phi) is 4.28. The van der Waals surface area contributed by atoms with Gasteiger partial charge in [0.2, 0.25) is 5.89 Å². The summed E-state index contributed by atoms with van der Waals surface area (Å²) >= 11 is 0. The van der Waals surface area contributed by atoms with E-state index in [1.165, 1.54) is 0 Å². The smallest absolute Gasteiger partial charge is 0.248 e. The van der Waals surface area contributed by atoms with Crippen LogP contribution in [0.4, 0.5) is 5.69 Å². The molecule has 1 aliphatic carbocycles. The zero-order valence-corrected chi connectivity index (χ0v) is 14.3. The maximum atomic E-state index is 8.82. The first kappa shape index (κ1) is 16.2. The number of nitrogens with one attached hydrogen (secondary N) is 1. The zero-order valence-electron chi connectivity index (χ0n) is 14.3. The molecular weight excluding hydrogens is 328 g/mol. The molecule has 6 heteroatoms. The fourth-order valence-electron chi connectivity index (χ4n) is 2.60. The van der Waals surface area contributed by atoms with Crippen molar-refractivity contribution in [3.63, 3.8) is 0 Å². The second kappa shape index (κ2) is 6.89. The lowest BCUT2D eigenvalue weighted by atomic mass is 10.2. The number of benzene rings is 2. The van der Waals surface area contributed by atoms with Crippen molar-refractivity contribution in [2.24, 2.45) is 0 Å². The molecule has 6 nitrogen and oxygen atoms in total. The van der Waals surface area contributed by atoms with Crippen molar-refractivity contribution in [3.8, 4) is 17.6 Å². The van der Waals surface area contributed by atoms with E-state index in [0.29, 0.717) is 23.1 Å². The molecule has 1 heterocycles. The SMILES string of the molecule is C[C@H](Nc1ccc(Oc2ccc(C#N)cc2)cc1)c1nc(C2CC2)no1. The molecule has 2 aromatic carbocycles. The van der Waals surface area contributed by atoms with Gasteiger partial charge in [0.05, 0.1) is 11.6 Å². The van der Waals surface area contributed by atoms with Crippen LogP contribution in [-0.4, -0.2) is 10.1 Å². The highest BCUT2D eigenvalue weighted by Crippen LogP contribution is 2.38. The average Bonchev–Trinajstić information content (AvgIpc) is 3.40. The molecule has 1 aliphatic rings. The third kappa shape index (κ3) is 3.67. The predicted octanol–water partition coefficient (Wildman–Crippen LogP) is 4.78. The highest BCUT2D eigenvalue weighted by molar-refractivity contribution is 5.48. The molecule has 1 saturated carbocycles. The second-order valence-electron chi connectivity index (χ2n) is 6.39. The molecule has 130 valence electrons. The maximum absolute atomic E-state index is 8.82. The summed E-state index contributed by atoms with van der Waals surface area (Å²) in [4.78, 5) is 4.47. The van der Waals surface area contributed by atoms with Gasteiger partial charge in [-0.2, -0.15) is 10.2 Å². The molecule has 1 N–H and O–H groups in total. The summed E-state index contributed by atoms with van der Waals surface area (Å²) in [5.41, 5.74) is 1.55. The lowest BCUT2D eigenvalue weighted by Crippen LogP contribution is -2.07. The second-order valence-corrected chi connectivity index (χ2v) is 6.39. The molecule has 26 heavy (non-hydrogen) atoms. The minimum atomic E-state index is -0.0692. The Morgan fingerprint density at radius 1 is 1.12 bits per heavy atom. The van der Waals surface area contributed by atoms with E-state index >= 15 is 0 Å². The Labute approximate surface area is 151 Å². The standard InChI is InChI=1S/C20H18N4O2/c1-13(20-23-19(24-26-20)15-4-5-15)22-16-6-10-18(11-7-16)25-17-8-2-14(12-21)3-9-17/h2-3,6-11,13,15,22H,4-5H2,1H3/t13-/m0/s1. The highest BCUT2D eigenvalue weighted by Gasteiger charge is 2.29. The molecule has 0 spiro atoms. The van der Waals surface area contributed by atoms with E-state index in [4.69, 9.17) is 14.5 Å². The van der Waals surface area contributed by atoms with Crippen molar-refractivity contribution in [2.75, 3.05) is 5.32 Å². The van der Waals surface area contributed by atoms with Gasteiger partial charge < -0.3 is 14.6 Å². The Morgan fingerprint density at radius 2 is 1.77 bits per heavy atom. The molecule has 0 amide bonds. The molecular formula is C20H18N4O2. The van der Waals surface area contributed by atoms with Crippen molar-refractivity contribution in [1.82, 2.24) is 10.1 Å². The quantitative estimate of drug-likeness (QED) is 0.691.